The highest BCUT2D eigenvalue weighted by Gasteiger charge is 2.49. The van der Waals surface area contributed by atoms with E-state index >= 15 is 0 Å². The Kier molecular flexibility index (Phi) is 5.83. The lowest BCUT2D eigenvalue weighted by molar-refractivity contribution is -0.133. The Morgan fingerprint density at radius 2 is 1.48 bits per heavy atom. The molecule has 0 aliphatic carbocycles. The molecule has 0 N–H and O–H groups in total. The van der Waals surface area contributed by atoms with Crippen LogP contribution in [0.5, 0.6) is 17.2 Å². The first-order valence-electron chi connectivity index (χ1n) is 9.92. The number of hydrogen-bond acceptors (Lipinski definition) is 5. The van der Waals surface area contributed by atoms with E-state index in [2.05, 4.69) is 0 Å². The van der Waals surface area contributed by atoms with Crippen molar-refractivity contribution in [2.75, 3.05) is 28.4 Å². The lowest BCUT2D eigenvalue weighted by Gasteiger charge is -2.42. The molecule has 0 saturated carbocycles. The second kappa shape index (κ2) is 8.55. The van der Waals surface area contributed by atoms with Crippen LogP contribution < -0.4 is 14.2 Å². The highest BCUT2D eigenvalue weighted by Crippen LogP contribution is 2.53. The van der Waals surface area contributed by atoms with Crippen molar-refractivity contribution < 1.29 is 19.0 Å². The molecule has 0 radical (unpaired) electrons. The first kappa shape index (κ1) is 21.1. The summed E-state index contributed by atoms with van der Waals surface area (Å²) >= 11 is 1.53. The molecule has 31 heavy (non-hydrogen) atoms. The summed E-state index contributed by atoms with van der Waals surface area (Å²) in [5.41, 5.74) is 2.80. The van der Waals surface area contributed by atoms with Crippen LogP contribution in [0.2, 0.25) is 0 Å². The third kappa shape index (κ3) is 3.72. The second-order valence-corrected chi connectivity index (χ2v) is 8.67. The number of amides is 1. The van der Waals surface area contributed by atoms with Crippen molar-refractivity contribution in [3.63, 3.8) is 0 Å². The van der Waals surface area contributed by atoms with Crippen LogP contribution in [-0.4, -0.2) is 39.2 Å². The Bertz CT molecular complexity index is 1080. The molecule has 3 aromatic carbocycles. The van der Waals surface area contributed by atoms with Crippen molar-refractivity contribution in [3.8, 4) is 17.2 Å². The third-order valence-electron chi connectivity index (χ3n) is 5.52. The normalized spacial score (nSPS) is 17.8. The van der Waals surface area contributed by atoms with E-state index in [0.717, 1.165) is 27.3 Å². The summed E-state index contributed by atoms with van der Waals surface area (Å²) in [6, 6.07) is 21.6. The predicted molar refractivity (Wildman–Crippen MR) is 122 cm³/mol. The largest absolute Gasteiger partial charge is 0.497 e. The fraction of sp³-hybridized carbons (Fsp3) is 0.240. The van der Waals surface area contributed by atoms with Gasteiger partial charge in [-0.1, -0.05) is 36.0 Å². The number of fused-ring (bicyclic) bond motifs is 1. The number of carbonyl (C=O) groups excluding carboxylic acids is 1. The van der Waals surface area contributed by atoms with Crippen molar-refractivity contribution in [2.24, 2.45) is 0 Å². The summed E-state index contributed by atoms with van der Waals surface area (Å²) in [4.78, 5) is 16.7. The number of carbonyl (C=O) groups is 1. The molecule has 6 heteroatoms. The van der Waals surface area contributed by atoms with Crippen LogP contribution in [0.1, 0.15) is 16.7 Å². The van der Waals surface area contributed by atoms with Crippen LogP contribution in [0.3, 0.4) is 0 Å². The Morgan fingerprint density at radius 3 is 2.10 bits per heavy atom. The van der Waals surface area contributed by atoms with Crippen LogP contribution in [0, 0.1) is 0 Å². The number of ether oxygens (including phenoxy) is 3. The molecule has 1 unspecified atom stereocenters. The minimum atomic E-state index is -1.00. The number of thioether (sulfide) groups is 1. The van der Waals surface area contributed by atoms with Gasteiger partial charge in [0.15, 0.2) is 0 Å². The number of likely N-dealkylation sites (N-methyl/N-ethyl adjacent to an activating group) is 1. The van der Waals surface area contributed by atoms with Gasteiger partial charge in [-0.25, -0.2) is 0 Å². The molecule has 0 aromatic heterocycles. The molecule has 3 aromatic rings. The Balaban J connectivity index is 2.03. The van der Waals surface area contributed by atoms with Gasteiger partial charge in [-0.15, -0.1) is 0 Å². The minimum absolute atomic E-state index is 0.00864. The fourth-order valence-corrected chi connectivity index (χ4v) is 5.43. The molecule has 1 amide bonds. The van der Waals surface area contributed by atoms with Gasteiger partial charge in [0.2, 0.25) is 5.91 Å². The molecule has 4 rings (SSSR count). The van der Waals surface area contributed by atoms with Crippen LogP contribution in [0.25, 0.3) is 0 Å². The third-order valence-corrected chi connectivity index (χ3v) is 6.96. The van der Waals surface area contributed by atoms with Crippen LogP contribution in [0.15, 0.2) is 71.6 Å². The van der Waals surface area contributed by atoms with Gasteiger partial charge in [0.1, 0.15) is 22.0 Å². The first-order valence-corrected chi connectivity index (χ1v) is 10.7. The second-order valence-electron chi connectivity index (χ2n) is 7.38. The van der Waals surface area contributed by atoms with Gasteiger partial charge in [0.25, 0.3) is 0 Å². The van der Waals surface area contributed by atoms with E-state index in [1.54, 1.807) is 26.2 Å². The molecule has 0 fully saturated rings. The van der Waals surface area contributed by atoms with Crippen molar-refractivity contribution in [3.05, 3.63) is 83.4 Å². The number of benzene rings is 3. The zero-order valence-electron chi connectivity index (χ0n) is 18.0. The molecule has 1 aliphatic rings. The van der Waals surface area contributed by atoms with E-state index in [-0.39, 0.29) is 5.91 Å². The molecule has 0 bridgehead atoms. The number of nitrogens with zero attached hydrogens (tertiary/aromatic N) is 1. The average molecular weight is 436 g/mol. The van der Waals surface area contributed by atoms with E-state index in [0.29, 0.717) is 18.0 Å². The van der Waals surface area contributed by atoms with E-state index in [1.807, 2.05) is 73.8 Å². The molecular formula is C25H25NO4S. The lowest BCUT2D eigenvalue weighted by atomic mass is 9.82. The maximum Gasteiger partial charge on any atom is 0.248 e. The zero-order valence-corrected chi connectivity index (χ0v) is 18.9. The summed E-state index contributed by atoms with van der Waals surface area (Å²) < 4.78 is 15.5. The molecule has 1 atom stereocenters. The summed E-state index contributed by atoms with van der Waals surface area (Å²) in [6.07, 6.45) is 0. The van der Waals surface area contributed by atoms with Gasteiger partial charge >= 0.3 is 0 Å². The van der Waals surface area contributed by atoms with Gasteiger partial charge in [0.05, 0.1) is 21.3 Å². The lowest BCUT2D eigenvalue weighted by Crippen LogP contribution is -2.48. The smallest absolute Gasteiger partial charge is 0.248 e. The number of rotatable bonds is 6. The molecule has 0 saturated heterocycles. The molecule has 1 aliphatic heterocycles. The summed E-state index contributed by atoms with van der Waals surface area (Å²) in [5.74, 6) is 2.05. The molecule has 5 nitrogen and oxygen atoms in total. The van der Waals surface area contributed by atoms with E-state index in [1.165, 1.54) is 11.8 Å². The molecule has 0 spiro atoms. The van der Waals surface area contributed by atoms with Gasteiger partial charge in [-0.05, 0) is 53.1 Å². The highest BCUT2D eigenvalue weighted by atomic mass is 32.2. The zero-order chi connectivity index (χ0) is 22.0. The summed E-state index contributed by atoms with van der Waals surface area (Å²) in [5, 5.41) is 0. The van der Waals surface area contributed by atoms with Crippen molar-refractivity contribution in [2.45, 2.75) is 16.2 Å². The molecular weight excluding hydrogens is 410 g/mol. The van der Waals surface area contributed by atoms with E-state index < -0.39 is 4.75 Å². The average Bonchev–Trinajstić information content (AvgIpc) is 2.81. The monoisotopic (exact) mass is 435 g/mol. The Hall–Kier alpha value is -3.12. The topological polar surface area (TPSA) is 48.0 Å². The van der Waals surface area contributed by atoms with Crippen molar-refractivity contribution in [1.29, 1.82) is 0 Å². The SMILES string of the molecule is COc1cc(OC)cc(C2(Sc3ccccc3)C(=O)N(C)Cc3cc(OC)ccc32)c1. The maximum absolute atomic E-state index is 14.0. The van der Waals surface area contributed by atoms with Gasteiger partial charge in [0, 0.05) is 24.6 Å². The fourth-order valence-electron chi connectivity index (χ4n) is 4.00. The van der Waals surface area contributed by atoms with Gasteiger partial charge in [-0.3, -0.25) is 4.79 Å². The molecule has 160 valence electrons. The van der Waals surface area contributed by atoms with E-state index in [4.69, 9.17) is 14.2 Å². The van der Waals surface area contributed by atoms with Crippen LogP contribution in [0.4, 0.5) is 0 Å². The highest BCUT2D eigenvalue weighted by molar-refractivity contribution is 8.01. The quantitative estimate of drug-likeness (QED) is 0.561. The van der Waals surface area contributed by atoms with Crippen molar-refractivity contribution in [1.82, 2.24) is 4.90 Å². The van der Waals surface area contributed by atoms with Crippen LogP contribution >= 0.6 is 11.8 Å². The number of hydrogen-bond donors (Lipinski definition) is 0. The molecule has 1 heterocycles. The van der Waals surface area contributed by atoms with Crippen LogP contribution in [-0.2, 0) is 16.1 Å². The first-order chi connectivity index (χ1) is 15.0. The predicted octanol–water partition coefficient (Wildman–Crippen LogP) is 4.72. The summed E-state index contributed by atoms with van der Waals surface area (Å²) in [6.45, 7) is 0.517. The maximum atomic E-state index is 14.0. The Labute approximate surface area is 186 Å². The summed E-state index contributed by atoms with van der Waals surface area (Å²) in [7, 11) is 6.72. The van der Waals surface area contributed by atoms with Gasteiger partial charge < -0.3 is 19.1 Å². The van der Waals surface area contributed by atoms with E-state index in [9.17, 15) is 4.79 Å². The standard InChI is InChI=1S/C25H25NO4S/c1-26-16-17-12-19(28-2)10-11-23(17)25(24(26)27,31-22-8-6-5-7-9-22)18-13-20(29-3)15-21(14-18)30-4/h5-15H,16H2,1-4H3. The van der Waals surface area contributed by atoms with Crippen molar-refractivity contribution >= 4 is 17.7 Å². The number of methoxy groups -OCH3 is 3. The minimum Gasteiger partial charge on any atom is -0.497 e. The Morgan fingerprint density at radius 1 is 0.839 bits per heavy atom. The van der Waals surface area contributed by atoms with Gasteiger partial charge in [-0.2, -0.15) is 0 Å².